The number of nitrogens with one attached hydrogen (secondary N) is 1. The molecule has 1 N–H and O–H groups in total. The number of hydrogen-bond acceptors (Lipinski definition) is 4. The van der Waals surface area contributed by atoms with Gasteiger partial charge in [-0.25, -0.2) is 4.98 Å². The zero-order chi connectivity index (χ0) is 14.5. The van der Waals surface area contributed by atoms with Crippen LogP contribution in [0.2, 0.25) is 0 Å². The summed E-state index contributed by atoms with van der Waals surface area (Å²) < 4.78 is 1.19. The molecule has 0 spiro atoms. The molecule has 0 aliphatic rings. The molecule has 1 aromatic carbocycles. The van der Waals surface area contributed by atoms with Crippen molar-refractivity contribution in [2.45, 2.75) is 6.42 Å². The lowest BCUT2D eigenvalue weighted by atomic mass is 10.3. The van der Waals surface area contributed by atoms with Gasteiger partial charge in [0.05, 0.1) is 15.2 Å². The summed E-state index contributed by atoms with van der Waals surface area (Å²) >= 11 is 3.29. The minimum atomic E-state index is -0.0653. The van der Waals surface area contributed by atoms with Crippen molar-refractivity contribution in [3.05, 3.63) is 57.7 Å². The lowest BCUT2D eigenvalue weighted by Gasteiger charge is -1.99. The van der Waals surface area contributed by atoms with Crippen molar-refractivity contribution in [2.75, 3.05) is 6.54 Å². The molecule has 0 bridgehead atoms. The van der Waals surface area contributed by atoms with E-state index >= 15 is 0 Å². The topological polar surface area (TPSA) is 42.0 Å². The van der Waals surface area contributed by atoms with Crippen LogP contribution in [0.1, 0.15) is 9.88 Å². The number of nitrogens with zero attached hydrogens (tertiary/aromatic N) is 1. The molecular formula is C16H14N2OS2. The van der Waals surface area contributed by atoms with Crippen molar-refractivity contribution in [1.82, 2.24) is 10.3 Å². The average Bonchev–Trinajstić information content (AvgIpc) is 3.14. The Morgan fingerprint density at radius 2 is 2.14 bits per heavy atom. The van der Waals surface area contributed by atoms with Gasteiger partial charge in [-0.15, -0.1) is 22.7 Å². The number of hydrogen-bond donors (Lipinski definition) is 1. The molecule has 21 heavy (non-hydrogen) atoms. The van der Waals surface area contributed by atoms with E-state index in [-0.39, 0.29) is 5.91 Å². The van der Waals surface area contributed by atoms with Crippen LogP contribution < -0.4 is 5.32 Å². The zero-order valence-corrected chi connectivity index (χ0v) is 12.9. The Kier molecular flexibility index (Phi) is 4.43. The van der Waals surface area contributed by atoms with E-state index in [0.29, 0.717) is 6.54 Å². The molecule has 0 radical (unpaired) electrons. The van der Waals surface area contributed by atoms with Crippen molar-refractivity contribution in [2.24, 2.45) is 0 Å². The van der Waals surface area contributed by atoms with Gasteiger partial charge in [0.25, 0.3) is 0 Å². The molecular weight excluding hydrogens is 300 g/mol. The van der Waals surface area contributed by atoms with E-state index in [4.69, 9.17) is 0 Å². The summed E-state index contributed by atoms with van der Waals surface area (Å²) in [7, 11) is 0. The van der Waals surface area contributed by atoms with Gasteiger partial charge in [0.2, 0.25) is 5.91 Å². The number of carbonyl (C=O) groups excluding carboxylic acids is 1. The summed E-state index contributed by atoms with van der Waals surface area (Å²) in [6.45, 7) is 0.605. The van der Waals surface area contributed by atoms with Crippen LogP contribution in [-0.4, -0.2) is 17.4 Å². The Balaban J connectivity index is 1.50. The molecule has 0 atom stereocenters. The highest BCUT2D eigenvalue weighted by atomic mass is 32.1. The molecule has 2 heterocycles. The normalized spacial score (nSPS) is 11.2. The standard InChI is InChI=1S/C16H14N2OS2/c19-15(8-7-12-4-3-11-20-12)17-10-9-16-18-13-5-1-2-6-14(13)21-16/h1-8,11H,9-10H2,(H,17,19)/b8-7+. The number of para-hydroxylation sites is 1. The number of aromatic nitrogens is 1. The number of amides is 1. The Morgan fingerprint density at radius 3 is 2.95 bits per heavy atom. The summed E-state index contributed by atoms with van der Waals surface area (Å²) in [6, 6.07) is 12.0. The molecule has 3 rings (SSSR count). The zero-order valence-electron chi connectivity index (χ0n) is 11.3. The Morgan fingerprint density at radius 1 is 1.24 bits per heavy atom. The largest absolute Gasteiger partial charge is 0.352 e. The van der Waals surface area contributed by atoms with Crippen LogP contribution >= 0.6 is 22.7 Å². The van der Waals surface area contributed by atoms with E-state index in [2.05, 4.69) is 16.4 Å². The van der Waals surface area contributed by atoms with Crippen molar-refractivity contribution >= 4 is 44.9 Å². The first-order valence-electron chi connectivity index (χ1n) is 6.65. The molecule has 5 heteroatoms. The SMILES string of the molecule is O=C(/C=C/c1cccs1)NCCc1nc2ccccc2s1. The van der Waals surface area contributed by atoms with E-state index < -0.39 is 0 Å². The minimum Gasteiger partial charge on any atom is -0.352 e. The number of rotatable bonds is 5. The summed E-state index contributed by atoms with van der Waals surface area (Å²) in [5, 5.41) is 5.93. The molecule has 0 aliphatic heterocycles. The maximum atomic E-state index is 11.7. The Labute approximate surface area is 131 Å². The number of thiazole rings is 1. The van der Waals surface area contributed by atoms with Gasteiger partial charge in [-0.05, 0) is 29.7 Å². The van der Waals surface area contributed by atoms with Gasteiger partial charge in [0.15, 0.2) is 0 Å². The fourth-order valence-electron chi connectivity index (χ4n) is 1.92. The predicted molar refractivity (Wildman–Crippen MR) is 89.7 cm³/mol. The molecule has 0 saturated heterocycles. The number of thiophene rings is 1. The van der Waals surface area contributed by atoms with Crippen molar-refractivity contribution < 1.29 is 4.79 Å². The second-order valence-electron chi connectivity index (χ2n) is 4.47. The van der Waals surface area contributed by atoms with Gasteiger partial charge in [-0.2, -0.15) is 0 Å². The first-order chi connectivity index (χ1) is 10.3. The second kappa shape index (κ2) is 6.65. The number of carbonyl (C=O) groups is 1. The predicted octanol–water partition coefficient (Wildman–Crippen LogP) is 3.73. The molecule has 106 valence electrons. The summed E-state index contributed by atoms with van der Waals surface area (Å²) in [6.07, 6.45) is 4.17. The minimum absolute atomic E-state index is 0.0653. The second-order valence-corrected chi connectivity index (χ2v) is 6.56. The van der Waals surface area contributed by atoms with Gasteiger partial charge in [-0.1, -0.05) is 18.2 Å². The Bertz CT molecular complexity index is 727. The van der Waals surface area contributed by atoms with Crippen LogP contribution in [0, 0.1) is 0 Å². The monoisotopic (exact) mass is 314 g/mol. The highest BCUT2D eigenvalue weighted by Gasteiger charge is 2.03. The summed E-state index contributed by atoms with van der Waals surface area (Å²) in [5.74, 6) is -0.0653. The third-order valence-corrected chi connectivity index (χ3v) is 4.85. The van der Waals surface area contributed by atoms with Gasteiger partial charge in [-0.3, -0.25) is 4.79 Å². The van der Waals surface area contributed by atoms with Crippen LogP contribution in [0.15, 0.2) is 47.9 Å². The maximum Gasteiger partial charge on any atom is 0.244 e. The van der Waals surface area contributed by atoms with E-state index in [1.54, 1.807) is 28.7 Å². The third-order valence-electron chi connectivity index (χ3n) is 2.92. The fraction of sp³-hybridized carbons (Fsp3) is 0.125. The number of benzene rings is 1. The van der Waals surface area contributed by atoms with E-state index in [0.717, 1.165) is 21.8 Å². The van der Waals surface area contributed by atoms with E-state index in [9.17, 15) is 4.79 Å². The molecule has 3 nitrogen and oxygen atoms in total. The average molecular weight is 314 g/mol. The van der Waals surface area contributed by atoms with Crippen LogP contribution in [-0.2, 0) is 11.2 Å². The summed E-state index contributed by atoms with van der Waals surface area (Å²) in [5.41, 5.74) is 1.03. The van der Waals surface area contributed by atoms with E-state index in [1.807, 2.05) is 41.8 Å². The maximum absolute atomic E-state index is 11.7. The van der Waals surface area contributed by atoms with Gasteiger partial charge >= 0.3 is 0 Å². The lowest BCUT2D eigenvalue weighted by molar-refractivity contribution is -0.116. The molecule has 0 unspecified atom stereocenters. The molecule has 2 aromatic heterocycles. The first-order valence-corrected chi connectivity index (χ1v) is 8.35. The summed E-state index contributed by atoms with van der Waals surface area (Å²) in [4.78, 5) is 17.3. The Hall–Kier alpha value is -1.98. The first kappa shape index (κ1) is 14.0. The quantitative estimate of drug-likeness (QED) is 0.729. The van der Waals surface area contributed by atoms with Crippen molar-refractivity contribution in [3.8, 4) is 0 Å². The number of fused-ring (bicyclic) bond motifs is 1. The van der Waals surface area contributed by atoms with Crippen LogP contribution in [0.5, 0.6) is 0 Å². The van der Waals surface area contributed by atoms with Gasteiger partial charge in [0.1, 0.15) is 0 Å². The molecule has 0 fully saturated rings. The van der Waals surface area contributed by atoms with Gasteiger partial charge < -0.3 is 5.32 Å². The van der Waals surface area contributed by atoms with Gasteiger partial charge in [0, 0.05) is 23.9 Å². The van der Waals surface area contributed by atoms with Crippen LogP contribution in [0.3, 0.4) is 0 Å². The smallest absolute Gasteiger partial charge is 0.244 e. The molecule has 3 aromatic rings. The van der Waals surface area contributed by atoms with Crippen molar-refractivity contribution in [1.29, 1.82) is 0 Å². The highest BCUT2D eigenvalue weighted by molar-refractivity contribution is 7.18. The van der Waals surface area contributed by atoms with E-state index in [1.165, 1.54) is 4.70 Å². The third kappa shape index (κ3) is 3.77. The fourth-order valence-corrected chi connectivity index (χ4v) is 3.51. The molecule has 1 amide bonds. The van der Waals surface area contributed by atoms with Crippen LogP contribution in [0.4, 0.5) is 0 Å². The molecule has 0 aliphatic carbocycles. The molecule has 0 saturated carbocycles. The van der Waals surface area contributed by atoms with Crippen molar-refractivity contribution in [3.63, 3.8) is 0 Å². The highest BCUT2D eigenvalue weighted by Crippen LogP contribution is 2.21. The van der Waals surface area contributed by atoms with Crippen LogP contribution in [0.25, 0.3) is 16.3 Å². The lowest BCUT2D eigenvalue weighted by Crippen LogP contribution is -2.23.